The summed E-state index contributed by atoms with van der Waals surface area (Å²) in [5.41, 5.74) is 0. The monoisotopic (exact) mass is 196 g/mol. The smallest absolute Gasteiger partial charge is 0.224 e. The lowest BCUT2D eigenvalue weighted by Gasteiger charge is -2.06. The molecule has 0 saturated heterocycles. The van der Waals surface area contributed by atoms with Crippen LogP contribution in [0.15, 0.2) is 6.20 Å². The van der Waals surface area contributed by atoms with E-state index in [0.29, 0.717) is 23.7 Å². The molecule has 0 amide bonds. The molecule has 0 aliphatic heterocycles. The fourth-order valence-corrected chi connectivity index (χ4v) is 1.29. The third kappa shape index (κ3) is 1.76. The van der Waals surface area contributed by atoms with E-state index in [0.717, 1.165) is 6.42 Å². The predicted octanol–water partition coefficient (Wildman–Crippen LogP) is 1.48. The molecule has 1 heterocycles. The largest absolute Gasteiger partial charge is 0.364 e. The van der Waals surface area contributed by atoms with E-state index in [9.17, 15) is 4.39 Å². The maximum atomic E-state index is 13.2. The first kappa shape index (κ1) is 9.18. The van der Waals surface area contributed by atoms with Gasteiger partial charge >= 0.3 is 0 Å². The molecule has 1 aromatic rings. The molecule has 0 radical (unpaired) electrons. The highest BCUT2D eigenvalue weighted by molar-refractivity contribution is 5.42. The summed E-state index contributed by atoms with van der Waals surface area (Å²) in [7, 11) is 1.71. The zero-order valence-corrected chi connectivity index (χ0v) is 8.21. The van der Waals surface area contributed by atoms with Crippen LogP contribution in [0.4, 0.5) is 16.2 Å². The summed E-state index contributed by atoms with van der Waals surface area (Å²) in [6.07, 6.45) is 2.26. The Morgan fingerprint density at radius 2 is 2.29 bits per heavy atom. The molecule has 2 N–H and O–H groups in total. The van der Waals surface area contributed by atoms with Gasteiger partial charge in [0.1, 0.15) is 0 Å². The molecule has 0 aromatic carbocycles. The Balaban J connectivity index is 2.14. The van der Waals surface area contributed by atoms with Crippen LogP contribution in [0.3, 0.4) is 0 Å². The minimum absolute atomic E-state index is 0.290. The molecular formula is C9H13FN4. The molecule has 2 unspecified atom stereocenters. The Labute approximate surface area is 82.0 Å². The van der Waals surface area contributed by atoms with E-state index >= 15 is 0 Å². The van der Waals surface area contributed by atoms with Crippen LogP contribution in [-0.2, 0) is 0 Å². The number of nitrogens with zero attached hydrogens (tertiary/aromatic N) is 2. The van der Waals surface area contributed by atoms with Crippen molar-refractivity contribution in [2.75, 3.05) is 17.7 Å². The van der Waals surface area contributed by atoms with Crippen molar-refractivity contribution in [1.82, 2.24) is 9.97 Å². The topological polar surface area (TPSA) is 49.8 Å². The molecule has 1 fully saturated rings. The Hall–Kier alpha value is -1.39. The molecule has 76 valence electrons. The molecule has 4 nitrogen and oxygen atoms in total. The van der Waals surface area contributed by atoms with Gasteiger partial charge in [0.2, 0.25) is 5.95 Å². The number of nitrogens with one attached hydrogen (secondary N) is 2. The lowest BCUT2D eigenvalue weighted by Crippen LogP contribution is -2.09. The van der Waals surface area contributed by atoms with Gasteiger partial charge in [-0.1, -0.05) is 6.92 Å². The molecule has 14 heavy (non-hydrogen) atoms. The second-order valence-corrected chi connectivity index (χ2v) is 3.60. The van der Waals surface area contributed by atoms with Crippen molar-refractivity contribution in [2.24, 2.45) is 5.92 Å². The van der Waals surface area contributed by atoms with E-state index < -0.39 is 5.82 Å². The van der Waals surface area contributed by atoms with Crippen molar-refractivity contribution in [3.63, 3.8) is 0 Å². The summed E-state index contributed by atoms with van der Waals surface area (Å²) < 4.78 is 13.2. The molecule has 5 heteroatoms. The van der Waals surface area contributed by atoms with Gasteiger partial charge in [-0.15, -0.1) is 0 Å². The number of halogens is 1. The zero-order valence-electron chi connectivity index (χ0n) is 8.21. The van der Waals surface area contributed by atoms with E-state index in [1.165, 1.54) is 6.20 Å². The van der Waals surface area contributed by atoms with Crippen LogP contribution in [0.25, 0.3) is 0 Å². The van der Waals surface area contributed by atoms with Crippen molar-refractivity contribution in [2.45, 2.75) is 19.4 Å². The zero-order chi connectivity index (χ0) is 10.1. The molecule has 2 atom stereocenters. The van der Waals surface area contributed by atoms with Gasteiger partial charge in [-0.3, -0.25) is 0 Å². The van der Waals surface area contributed by atoms with Gasteiger partial charge in [0.25, 0.3) is 0 Å². The Bertz CT molecular complexity index is 342. The maximum absolute atomic E-state index is 13.2. The minimum atomic E-state index is -0.400. The maximum Gasteiger partial charge on any atom is 0.224 e. The molecule has 2 rings (SSSR count). The molecule has 1 aromatic heterocycles. The lowest BCUT2D eigenvalue weighted by molar-refractivity contribution is 0.616. The van der Waals surface area contributed by atoms with Gasteiger partial charge < -0.3 is 10.6 Å². The van der Waals surface area contributed by atoms with Gasteiger partial charge in [0, 0.05) is 13.1 Å². The van der Waals surface area contributed by atoms with Gasteiger partial charge in [-0.05, 0) is 12.3 Å². The Morgan fingerprint density at radius 1 is 1.57 bits per heavy atom. The van der Waals surface area contributed by atoms with Gasteiger partial charge in [-0.2, -0.15) is 4.98 Å². The number of anilines is 2. The third-order valence-electron chi connectivity index (χ3n) is 2.40. The van der Waals surface area contributed by atoms with E-state index in [-0.39, 0.29) is 0 Å². The Morgan fingerprint density at radius 3 is 2.86 bits per heavy atom. The highest BCUT2D eigenvalue weighted by Crippen LogP contribution is 2.32. The average Bonchev–Trinajstić information content (AvgIpc) is 2.86. The van der Waals surface area contributed by atoms with Crippen molar-refractivity contribution < 1.29 is 4.39 Å². The number of rotatable bonds is 3. The lowest BCUT2D eigenvalue weighted by atomic mass is 10.4. The quantitative estimate of drug-likeness (QED) is 0.768. The van der Waals surface area contributed by atoms with Crippen LogP contribution in [0.5, 0.6) is 0 Å². The molecule has 1 aliphatic rings. The summed E-state index contributed by atoms with van der Waals surface area (Å²) in [5.74, 6) is 0.936. The average molecular weight is 196 g/mol. The summed E-state index contributed by atoms with van der Waals surface area (Å²) in [6, 6.07) is 0.365. The number of aromatic nitrogens is 2. The van der Waals surface area contributed by atoms with Crippen LogP contribution in [0, 0.1) is 11.7 Å². The Kier molecular flexibility index (Phi) is 2.23. The standard InChI is InChI=1S/C9H13FN4/c1-5-3-7(5)13-8-6(10)4-12-9(11-2)14-8/h4-5,7H,3H2,1-2H3,(H2,11,12,13,14). The fourth-order valence-electron chi connectivity index (χ4n) is 1.29. The van der Waals surface area contributed by atoms with Crippen molar-refractivity contribution in [3.8, 4) is 0 Å². The molecule has 0 bridgehead atoms. The second-order valence-electron chi connectivity index (χ2n) is 3.60. The van der Waals surface area contributed by atoms with E-state index in [1.54, 1.807) is 7.05 Å². The predicted molar refractivity (Wildman–Crippen MR) is 52.7 cm³/mol. The second kappa shape index (κ2) is 3.40. The number of hydrogen-bond acceptors (Lipinski definition) is 4. The van der Waals surface area contributed by atoms with E-state index in [2.05, 4.69) is 27.5 Å². The third-order valence-corrected chi connectivity index (χ3v) is 2.40. The normalized spacial score (nSPS) is 24.5. The minimum Gasteiger partial charge on any atom is -0.364 e. The summed E-state index contributed by atoms with van der Waals surface area (Å²) in [5, 5.41) is 5.81. The molecule has 1 aliphatic carbocycles. The van der Waals surface area contributed by atoms with Crippen LogP contribution in [-0.4, -0.2) is 23.1 Å². The van der Waals surface area contributed by atoms with Crippen LogP contribution < -0.4 is 10.6 Å². The molecule has 0 spiro atoms. The van der Waals surface area contributed by atoms with Crippen molar-refractivity contribution >= 4 is 11.8 Å². The first-order valence-electron chi connectivity index (χ1n) is 4.67. The fraction of sp³-hybridized carbons (Fsp3) is 0.556. The summed E-state index contributed by atoms with van der Waals surface area (Å²) in [4.78, 5) is 7.76. The molecular weight excluding hydrogens is 183 g/mol. The summed E-state index contributed by atoms with van der Waals surface area (Å²) in [6.45, 7) is 2.12. The van der Waals surface area contributed by atoms with Gasteiger partial charge in [-0.25, -0.2) is 9.37 Å². The van der Waals surface area contributed by atoms with Crippen LogP contribution in [0.2, 0.25) is 0 Å². The van der Waals surface area contributed by atoms with Crippen molar-refractivity contribution in [1.29, 1.82) is 0 Å². The number of hydrogen-bond donors (Lipinski definition) is 2. The van der Waals surface area contributed by atoms with Gasteiger partial charge in [0.15, 0.2) is 11.6 Å². The van der Waals surface area contributed by atoms with Gasteiger partial charge in [0.05, 0.1) is 6.20 Å². The van der Waals surface area contributed by atoms with E-state index in [4.69, 9.17) is 0 Å². The first-order valence-corrected chi connectivity index (χ1v) is 4.67. The SMILES string of the molecule is CNc1ncc(F)c(NC2CC2C)n1. The highest BCUT2D eigenvalue weighted by Gasteiger charge is 2.33. The van der Waals surface area contributed by atoms with Crippen LogP contribution in [0.1, 0.15) is 13.3 Å². The van der Waals surface area contributed by atoms with Crippen molar-refractivity contribution in [3.05, 3.63) is 12.0 Å². The van der Waals surface area contributed by atoms with E-state index in [1.807, 2.05) is 0 Å². The molecule has 1 saturated carbocycles. The highest BCUT2D eigenvalue weighted by atomic mass is 19.1. The summed E-state index contributed by atoms with van der Waals surface area (Å²) >= 11 is 0. The van der Waals surface area contributed by atoms with Crippen LogP contribution >= 0.6 is 0 Å². The first-order chi connectivity index (χ1) is 6.70.